The quantitative estimate of drug-likeness (QED) is 0.811. The van der Waals surface area contributed by atoms with Gasteiger partial charge < -0.3 is 9.47 Å². The number of rotatable bonds is 5. The first-order chi connectivity index (χ1) is 11.5. The number of halogens is 1. The van der Waals surface area contributed by atoms with Crippen LogP contribution < -0.4 is 9.47 Å². The zero-order valence-corrected chi connectivity index (χ0v) is 14.6. The number of hydrogen-bond acceptors (Lipinski definition) is 5. The minimum atomic E-state index is -3.70. The van der Waals surface area contributed by atoms with Crippen molar-refractivity contribution in [1.82, 2.24) is 9.29 Å². The minimum Gasteiger partial charge on any atom is -0.497 e. The number of nitrogens with zero attached hydrogens (tertiary/aromatic N) is 2. The third kappa shape index (κ3) is 3.48. The lowest BCUT2D eigenvalue weighted by atomic mass is 10.3. The number of pyridine rings is 1. The molecule has 0 amide bonds. The molecule has 2 aromatic rings. The van der Waals surface area contributed by atoms with E-state index in [0.717, 1.165) is 0 Å². The van der Waals surface area contributed by atoms with Crippen LogP contribution in [-0.2, 0) is 10.0 Å². The van der Waals surface area contributed by atoms with E-state index in [0.29, 0.717) is 24.5 Å². The summed E-state index contributed by atoms with van der Waals surface area (Å²) in [7, 11) is -2.22. The third-order valence-electron chi connectivity index (χ3n) is 3.80. The molecule has 128 valence electrons. The number of methoxy groups -OCH3 is 1. The van der Waals surface area contributed by atoms with Crippen molar-refractivity contribution in [1.29, 1.82) is 0 Å². The molecule has 1 aromatic heterocycles. The molecule has 0 saturated carbocycles. The summed E-state index contributed by atoms with van der Waals surface area (Å²) in [5.41, 5.74) is 0. The van der Waals surface area contributed by atoms with E-state index >= 15 is 0 Å². The van der Waals surface area contributed by atoms with E-state index in [2.05, 4.69) is 4.98 Å². The molecule has 1 aliphatic heterocycles. The Balaban J connectivity index is 1.77. The first-order valence-electron chi connectivity index (χ1n) is 7.41. The number of hydrogen-bond donors (Lipinski definition) is 0. The SMILES string of the molecule is COc1ccc(Cl)c(S(=O)(=O)N2CCC(Oc3cccnc3)C2)c1. The van der Waals surface area contributed by atoms with Gasteiger partial charge in [0.25, 0.3) is 0 Å². The van der Waals surface area contributed by atoms with Crippen molar-refractivity contribution in [2.24, 2.45) is 0 Å². The first kappa shape index (κ1) is 17.0. The second-order valence-corrected chi connectivity index (χ2v) is 7.69. The Morgan fingerprint density at radius 2 is 2.12 bits per heavy atom. The number of benzene rings is 1. The molecule has 1 saturated heterocycles. The maximum atomic E-state index is 12.8. The standard InChI is InChI=1S/C16H17ClN2O4S/c1-22-12-4-5-15(17)16(9-12)24(20,21)19-8-6-14(11-19)23-13-3-2-7-18-10-13/h2-5,7,9-10,14H,6,8,11H2,1H3. The molecule has 1 fully saturated rings. The van der Waals surface area contributed by atoms with Crippen molar-refractivity contribution in [2.75, 3.05) is 20.2 Å². The van der Waals surface area contributed by atoms with Gasteiger partial charge in [0.15, 0.2) is 0 Å². The van der Waals surface area contributed by atoms with Gasteiger partial charge in [0, 0.05) is 18.8 Å². The maximum Gasteiger partial charge on any atom is 0.244 e. The van der Waals surface area contributed by atoms with Crippen molar-refractivity contribution in [2.45, 2.75) is 17.4 Å². The van der Waals surface area contributed by atoms with E-state index in [1.807, 2.05) is 0 Å². The summed E-state index contributed by atoms with van der Waals surface area (Å²) in [5, 5.41) is 0.174. The van der Waals surface area contributed by atoms with Crippen LogP contribution in [0.25, 0.3) is 0 Å². The van der Waals surface area contributed by atoms with E-state index in [9.17, 15) is 8.42 Å². The molecule has 0 N–H and O–H groups in total. The van der Waals surface area contributed by atoms with Crippen LogP contribution in [0.3, 0.4) is 0 Å². The van der Waals surface area contributed by atoms with Crippen LogP contribution in [0.15, 0.2) is 47.6 Å². The van der Waals surface area contributed by atoms with E-state index in [1.54, 1.807) is 30.6 Å². The fourth-order valence-corrected chi connectivity index (χ4v) is 4.54. The molecule has 6 nitrogen and oxygen atoms in total. The molecule has 0 spiro atoms. The molecular weight excluding hydrogens is 352 g/mol. The lowest BCUT2D eigenvalue weighted by Crippen LogP contribution is -2.31. The molecule has 1 aromatic carbocycles. The highest BCUT2D eigenvalue weighted by atomic mass is 35.5. The topological polar surface area (TPSA) is 68.7 Å². The van der Waals surface area contributed by atoms with Crippen molar-refractivity contribution >= 4 is 21.6 Å². The number of aromatic nitrogens is 1. The summed E-state index contributed by atoms with van der Waals surface area (Å²) in [6.07, 6.45) is 3.66. The van der Waals surface area contributed by atoms with E-state index < -0.39 is 10.0 Å². The molecular formula is C16H17ClN2O4S. The normalized spacial score (nSPS) is 18.5. The summed E-state index contributed by atoms with van der Waals surface area (Å²) in [6, 6.07) is 8.15. The van der Waals surface area contributed by atoms with E-state index in [1.165, 1.54) is 23.5 Å². The molecule has 24 heavy (non-hydrogen) atoms. The summed E-state index contributed by atoms with van der Waals surface area (Å²) in [5.74, 6) is 1.07. The summed E-state index contributed by atoms with van der Waals surface area (Å²) >= 11 is 6.08. The van der Waals surface area contributed by atoms with Gasteiger partial charge in [-0.1, -0.05) is 11.6 Å². The second-order valence-electron chi connectivity index (χ2n) is 5.38. The zero-order chi connectivity index (χ0) is 17.2. The van der Waals surface area contributed by atoms with Gasteiger partial charge in [0.05, 0.1) is 24.9 Å². The average Bonchev–Trinajstić information content (AvgIpc) is 3.05. The molecule has 1 aliphatic rings. The van der Waals surface area contributed by atoms with Gasteiger partial charge in [-0.05, 0) is 30.7 Å². The molecule has 3 rings (SSSR count). The number of ether oxygens (including phenoxy) is 2. The van der Waals surface area contributed by atoms with Crippen LogP contribution in [-0.4, -0.2) is 44.0 Å². The van der Waals surface area contributed by atoms with Gasteiger partial charge in [-0.3, -0.25) is 4.98 Å². The summed E-state index contributed by atoms with van der Waals surface area (Å²) in [6.45, 7) is 0.644. The van der Waals surface area contributed by atoms with Crippen LogP contribution in [0.4, 0.5) is 0 Å². The van der Waals surface area contributed by atoms with E-state index in [4.69, 9.17) is 21.1 Å². The van der Waals surface area contributed by atoms with Crippen LogP contribution in [0.2, 0.25) is 5.02 Å². The average molecular weight is 369 g/mol. The van der Waals surface area contributed by atoms with Gasteiger partial charge in [-0.25, -0.2) is 8.42 Å². The smallest absolute Gasteiger partial charge is 0.244 e. The lowest BCUT2D eigenvalue weighted by Gasteiger charge is -2.18. The van der Waals surface area contributed by atoms with Crippen LogP contribution in [0.1, 0.15) is 6.42 Å². The molecule has 0 radical (unpaired) electrons. The molecule has 0 bridgehead atoms. The number of sulfonamides is 1. The van der Waals surface area contributed by atoms with Crippen molar-refractivity contribution in [3.05, 3.63) is 47.7 Å². The molecule has 8 heteroatoms. The Morgan fingerprint density at radius 1 is 1.29 bits per heavy atom. The lowest BCUT2D eigenvalue weighted by molar-refractivity contribution is 0.214. The van der Waals surface area contributed by atoms with Crippen LogP contribution in [0.5, 0.6) is 11.5 Å². The maximum absolute atomic E-state index is 12.8. The minimum absolute atomic E-state index is 0.0468. The highest BCUT2D eigenvalue weighted by Gasteiger charge is 2.35. The fourth-order valence-electron chi connectivity index (χ4n) is 2.57. The molecule has 1 unspecified atom stereocenters. The molecule has 0 aliphatic carbocycles. The van der Waals surface area contributed by atoms with Gasteiger partial charge in [0.1, 0.15) is 22.5 Å². The fraction of sp³-hybridized carbons (Fsp3) is 0.312. The van der Waals surface area contributed by atoms with Crippen molar-refractivity contribution in [3.8, 4) is 11.5 Å². The van der Waals surface area contributed by atoms with Crippen LogP contribution >= 0.6 is 11.6 Å². The van der Waals surface area contributed by atoms with Gasteiger partial charge in [-0.15, -0.1) is 0 Å². The third-order valence-corrected chi connectivity index (χ3v) is 6.15. The predicted octanol–water partition coefficient (Wildman–Crippen LogP) is 2.59. The Kier molecular flexibility index (Phi) is 4.93. The van der Waals surface area contributed by atoms with Gasteiger partial charge in [0.2, 0.25) is 10.0 Å². The van der Waals surface area contributed by atoms with Crippen molar-refractivity contribution < 1.29 is 17.9 Å². The highest BCUT2D eigenvalue weighted by Crippen LogP contribution is 2.31. The summed E-state index contributed by atoms with van der Waals surface area (Å²) < 4.78 is 37.9. The largest absolute Gasteiger partial charge is 0.497 e. The van der Waals surface area contributed by atoms with Crippen molar-refractivity contribution in [3.63, 3.8) is 0 Å². The molecule has 1 atom stereocenters. The zero-order valence-electron chi connectivity index (χ0n) is 13.1. The highest BCUT2D eigenvalue weighted by molar-refractivity contribution is 7.89. The monoisotopic (exact) mass is 368 g/mol. The van der Waals surface area contributed by atoms with Gasteiger partial charge >= 0.3 is 0 Å². The Bertz CT molecular complexity index is 814. The summed E-state index contributed by atoms with van der Waals surface area (Å²) in [4.78, 5) is 4.03. The first-order valence-corrected chi connectivity index (χ1v) is 9.23. The second kappa shape index (κ2) is 6.96. The van der Waals surface area contributed by atoms with Gasteiger partial charge in [-0.2, -0.15) is 4.31 Å². The van der Waals surface area contributed by atoms with Crippen LogP contribution in [0, 0.1) is 0 Å². The molecule has 2 heterocycles. The Hall–Kier alpha value is -1.83. The predicted molar refractivity (Wildman–Crippen MR) is 90.0 cm³/mol. The Labute approximate surface area is 146 Å². The van der Waals surface area contributed by atoms with E-state index in [-0.39, 0.29) is 22.6 Å². The Morgan fingerprint density at radius 3 is 2.83 bits per heavy atom.